The smallest absolute Gasteiger partial charge is 0.257 e. The van der Waals surface area contributed by atoms with Gasteiger partial charge in [-0.2, -0.15) is 5.10 Å². The van der Waals surface area contributed by atoms with Crippen molar-refractivity contribution in [1.29, 1.82) is 0 Å². The molecule has 1 aromatic heterocycles. The molecule has 0 spiro atoms. The van der Waals surface area contributed by atoms with Crippen LogP contribution in [0.3, 0.4) is 0 Å². The quantitative estimate of drug-likeness (QED) is 0.797. The minimum atomic E-state index is -3.63. The summed E-state index contributed by atoms with van der Waals surface area (Å²) < 4.78 is 28.0. The van der Waals surface area contributed by atoms with Crippen molar-refractivity contribution in [3.05, 3.63) is 36.2 Å². The number of carbonyl (C=O) groups excluding carboxylic acids is 1. The lowest BCUT2D eigenvalue weighted by atomic mass is 10.1. The van der Waals surface area contributed by atoms with Crippen LogP contribution >= 0.6 is 0 Å². The van der Waals surface area contributed by atoms with Crippen LogP contribution in [-0.2, 0) is 16.6 Å². The highest BCUT2D eigenvalue weighted by atomic mass is 32.2. The molecule has 1 aliphatic rings. The molecule has 1 aliphatic heterocycles. The summed E-state index contributed by atoms with van der Waals surface area (Å²) in [5, 5.41) is 7.01. The summed E-state index contributed by atoms with van der Waals surface area (Å²) in [6, 6.07) is 4.79. The van der Waals surface area contributed by atoms with E-state index in [4.69, 9.17) is 0 Å². The maximum absolute atomic E-state index is 13.0. The predicted octanol–water partition coefficient (Wildman–Crippen LogP) is 2.40. The average molecular weight is 406 g/mol. The molecule has 8 nitrogen and oxygen atoms in total. The molecule has 1 fully saturated rings. The summed E-state index contributed by atoms with van der Waals surface area (Å²) in [4.78, 5) is 15.3. The molecule has 2 aromatic rings. The molecule has 0 radical (unpaired) electrons. The first-order valence-electron chi connectivity index (χ1n) is 9.48. The van der Waals surface area contributed by atoms with Crippen molar-refractivity contribution in [2.45, 2.75) is 37.6 Å². The lowest BCUT2D eigenvalue weighted by Crippen LogP contribution is -2.32. The highest BCUT2D eigenvalue weighted by molar-refractivity contribution is 7.89. The Bertz CT molecular complexity index is 946. The van der Waals surface area contributed by atoms with E-state index in [-0.39, 0.29) is 10.8 Å². The van der Waals surface area contributed by atoms with Gasteiger partial charge in [0.2, 0.25) is 10.0 Å². The molecule has 0 atom stereocenters. The largest absolute Gasteiger partial charge is 0.371 e. The lowest BCUT2D eigenvalue weighted by molar-refractivity contribution is 0.102. The first-order chi connectivity index (χ1) is 13.3. The van der Waals surface area contributed by atoms with Gasteiger partial charge >= 0.3 is 0 Å². The van der Waals surface area contributed by atoms with Gasteiger partial charge in [0, 0.05) is 45.6 Å². The summed E-state index contributed by atoms with van der Waals surface area (Å²) in [7, 11) is -0.677. The number of rotatable bonds is 6. The van der Waals surface area contributed by atoms with Gasteiger partial charge in [0.05, 0.1) is 22.3 Å². The normalized spacial score (nSPS) is 15.1. The number of amides is 1. The predicted molar refractivity (Wildman–Crippen MR) is 109 cm³/mol. The Hall–Kier alpha value is -2.39. The van der Waals surface area contributed by atoms with E-state index in [0.29, 0.717) is 17.8 Å². The number of carbonyl (C=O) groups is 1. The zero-order valence-electron chi connectivity index (χ0n) is 16.6. The van der Waals surface area contributed by atoms with Gasteiger partial charge in [-0.05, 0) is 44.4 Å². The summed E-state index contributed by atoms with van der Waals surface area (Å²) in [5.41, 5.74) is 1.70. The third-order valence-corrected chi connectivity index (χ3v) is 6.71. The van der Waals surface area contributed by atoms with Crippen molar-refractivity contribution < 1.29 is 13.2 Å². The number of nitrogens with one attached hydrogen (secondary N) is 1. The van der Waals surface area contributed by atoms with E-state index in [0.717, 1.165) is 35.9 Å². The van der Waals surface area contributed by atoms with Gasteiger partial charge in [-0.25, -0.2) is 12.7 Å². The Labute approximate surface area is 166 Å². The second-order valence-electron chi connectivity index (χ2n) is 7.05. The first-order valence-corrected chi connectivity index (χ1v) is 10.9. The number of sulfonamides is 1. The van der Waals surface area contributed by atoms with E-state index >= 15 is 0 Å². The van der Waals surface area contributed by atoms with E-state index in [1.165, 1.54) is 26.6 Å². The van der Waals surface area contributed by atoms with Crippen molar-refractivity contribution in [3.63, 3.8) is 0 Å². The van der Waals surface area contributed by atoms with Crippen molar-refractivity contribution in [3.8, 4) is 0 Å². The highest BCUT2D eigenvalue weighted by Gasteiger charge is 2.24. The van der Waals surface area contributed by atoms with Crippen molar-refractivity contribution >= 4 is 27.3 Å². The zero-order valence-corrected chi connectivity index (χ0v) is 17.4. The molecule has 3 rings (SSSR count). The van der Waals surface area contributed by atoms with Crippen LogP contribution in [0.25, 0.3) is 0 Å². The molecule has 0 saturated carbocycles. The molecule has 1 amide bonds. The Kier molecular flexibility index (Phi) is 6.04. The Morgan fingerprint density at radius 3 is 2.54 bits per heavy atom. The van der Waals surface area contributed by atoms with Crippen LogP contribution in [0.5, 0.6) is 0 Å². The molecular weight excluding hydrogens is 378 g/mol. The molecule has 1 aromatic carbocycles. The number of hydrogen-bond donors (Lipinski definition) is 1. The summed E-state index contributed by atoms with van der Waals surface area (Å²) in [5.74, 6) is -0.341. The fourth-order valence-corrected chi connectivity index (χ4v) is 4.21. The number of hydrogen-bond acceptors (Lipinski definition) is 5. The molecule has 9 heteroatoms. The number of piperidine rings is 1. The summed E-state index contributed by atoms with van der Waals surface area (Å²) in [6.07, 6.45) is 6.62. The minimum absolute atomic E-state index is 0.104. The van der Waals surface area contributed by atoms with E-state index in [2.05, 4.69) is 15.3 Å². The van der Waals surface area contributed by atoms with Crippen LogP contribution in [0, 0.1) is 0 Å². The minimum Gasteiger partial charge on any atom is -0.371 e. The Morgan fingerprint density at radius 1 is 1.21 bits per heavy atom. The second-order valence-corrected chi connectivity index (χ2v) is 9.20. The van der Waals surface area contributed by atoms with Gasteiger partial charge in [0.15, 0.2) is 0 Å². The topological polar surface area (TPSA) is 87.5 Å². The number of aryl methyl sites for hydroxylation is 1. The molecule has 0 bridgehead atoms. The molecule has 1 saturated heterocycles. The first kappa shape index (κ1) is 20.3. The summed E-state index contributed by atoms with van der Waals surface area (Å²) >= 11 is 0. The van der Waals surface area contributed by atoms with E-state index in [9.17, 15) is 13.2 Å². The summed E-state index contributed by atoms with van der Waals surface area (Å²) in [6.45, 7) is 4.37. The maximum atomic E-state index is 13.0. The van der Waals surface area contributed by atoms with Gasteiger partial charge in [-0.1, -0.05) is 0 Å². The third-order valence-electron chi connectivity index (χ3n) is 4.90. The monoisotopic (exact) mass is 405 g/mol. The third kappa shape index (κ3) is 4.20. The molecule has 152 valence electrons. The molecule has 0 unspecified atom stereocenters. The fraction of sp³-hybridized carbons (Fsp3) is 0.474. The number of anilines is 2. The van der Waals surface area contributed by atoms with Gasteiger partial charge in [-0.15, -0.1) is 0 Å². The molecular formula is C19H27N5O3S. The average Bonchev–Trinajstić information content (AvgIpc) is 3.15. The number of benzene rings is 1. The highest BCUT2D eigenvalue weighted by Crippen LogP contribution is 2.28. The van der Waals surface area contributed by atoms with Gasteiger partial charge in [0.25, 0.3) is 5.91 Å². The Balaban J connectivity index is 1.99. The molecule has 28 heavy (non-hydrogen) atoms. The number of nitrogens with zero attached hydrogens (tertiary/aromatic N) is 4. The maximum Gasteiger partial charge on any atom is 0.257 e. The van der Waals surface area contributed by atoms with Crippen LogP contribution < -0.4 is 10.2 Å². The van der Waals surface area contributed by atoms with Gasteiger partial charge in [-0.3, -0.25) is 9.48 Å². The second kappa shape index (κ2) is 8.32. The van der Waals surface area contributed by atoms with E-state index in [1.54, 1.807) is 29.2 Å². The van der Waals surface area contributed by atoms with Crippen molar-refractivity contribution in [1.82, 2.24) is 14.1 Å². The van der Waals surface area contributed by atoms with Crippen molar-refractivity contribution in [2.24, 2.45) is 0 Å². The van der Waals surface area contributed by atoms with E-state index < -0.39 is 10.0 Å². The van der Waals surface area contributed by atoms with E-state index in [1.807, 2.05) is 6.92 Å². The van der Waals surface area contributed by atoms with Crippen LogP contribution in [0.1, 0.15) is 36.5 Å². The zero-order chi connectivity index (χ0) is 20.3. The van der Waals surface area contributed by atoms with Crippen LogP contribution in [-0.4, -0.2) is 55.6 Å². The molecule has 0 aliphatic carbocycles. The Morgan fingerprint density at radius 2 is 1.93 bits per heavy atom. The van der Waals surface area contributed by atoms with Crippen LogP contribution in [0.2, 0.25) is 0 Å². The fourth-order valence-electron chi connectivity index (χ4n) is 3.28. The molecule has 2 heterocycles. The SMILES string of the molecule is CCn1cc(NC(=O)c2cc(S(=O)(=O)N(C)C)ccc2N2CCCCC2)cn1. The lowest BCUT2D eigenvalue weighted by Gasteiger charge is -2.30. The standard InChI is InChI=1S/C19H27N5O3S/c1-4-24-14-15(13-20-24)21-19(25)17-12-16(28(26,27)22(2)3)8-9-18(17)23-10-6-5-7-11-23/h8-9,12-14H,4-7,10-11H2,1-3H3,(H,21,25). The number of aromatic nitrogens is 2. The van der Waals surface area contributed by atoms with Crippen molar-refractivity contribution in [2.75, 3.05) is 37.4 Å². The van der Waals surface area contributed by atoms with Crippen LogP contribution in [0.4, 0.5) is 11.4 Å². The van der Waals surface area contributed by atoms with Crippen LogP contribution in [0.15, 0.2) is 35.5 Å². The molecule has 1 N–H and O–H groups in total. The van der Waals surface area contributed by atoms with Gasteiger partial charge < -0.3 is 10.2 Å². The van der Waals surface area contributed by atoms with Gasteiger partial charge in [0.1, 0.15) is 0 Å².